The first-order chi connectivity index (χ1) is 12.1. The number of nitrogens with zero attached hydrogens (tertiary/aromatic N) is 1. The maximum atomic E-state index is 12.5. The lowest BCUT2D eigenvalue weighted by atomic mass is 10.1. The Morgan fingerprint density at radius 2 is 1.76 bits per heavy atom. The van der Waals surface area contributed by atoms with Crippen molar-refractivity contribution in [2.24, 2.45) is 0 Å². The Morgan fingerprint density at radius 3 is 2.32 bits per heavy atom. The van der Waals surface area contributed by atoms with Gasteiger partial charge in [0.05, 0.1) is 0 Å². The van der Waals surface area contributed by atoms with Crippen molar-refractivity contribution in [3.05, 3.63) is 58.3 Å². The van der Waals surface area contributed by atoms with Crippen molar-refractivity contribution in [2.45, 2.75) is 26.7 Å². The predicted molar refractivity (Wildman–Crippen MR) is 105 cm³/mol. The maximum Gasteiger partial charge on any atom is 0.253 e. The van der Waals surface area contributed by atoms with Crippen LogP contribution in [0.1, 0.15) is 41.9 Å². The van der Waals surface area contributed by atoms with Crippen LogP contribution in [0, 0.1) is 0 Å². The second kappa shape index (κ2) is 9.79. The lowest BCUT2D eigenvalue weighted by molar-refractivity contribution is -0.111. The Morgan fingerprint density at radius 1 is 1.08 bits per heavy atom. The van der Waals surface area contributed by atoms with E-state index in [1.54, 1.807) is 41.7 Å². The Hall–Kier alpha value is -2.40. The first kappa shape index (κ1) is 18.9. The van der Waals surface area contributed by atoms with Gasteiger partial charge in [-0.2, -0.15) is 0 Å². The van der Waals surface area contributed by atoms with Gasteiger partial charge in [0, 0.05) is 35.3 Å². The number of benzene rings is 1. The van der Waals surface area contributed by atoms with Crippen molar-refractivity contribution in [3.63, 3.8) is 0 Å². The number of rotatable bonds is 8. The molecule has 0 spiro atoms. The summed E-state index contributed by atoms with van der Waals surface area (Å²) >= 11 is 1.58. The molecule has 0 aliphatic heterocycles. The van der Waals surface area contributed by atoms with Gasteiger partial charge in [-0.05, 0) is 54.6 Å². The largest absolute Gasteiger partial charge is 0.339 e. The van der Waals surface area contributed by atoms with Crippen LogP contribution in [0.4, 0.5) is 5.69 Å². The van der Waals surface area contributed by atoms with E-state index >= 15 is 0 Å². The summed E-state index contributed by atoms with van der Waals surface area (Å²) in [5.74, 6) is -0.148. The van der Waals surface area contributed by atoms with E-state index in [1.807, 2.05) is 22.4 Å². The molecular formula is C20H24N2O2S. The van der Waals surface area contributed by atoms with Crippen LogP contribution in [0.5, 0.6) is 0 Å². The summed E-state index contributed by atoms with van der Waals surface area (Å²) in [6, 6.07) is 10.9. The number of carbonyl (C=O) groups excluding carboxylic acids is 2. The summed E-state index contributed by atoms with van der Waals surface area (Å²) in [5.41, 5.74) is 1.32. The molecule has 1 aromatic carbocycles. The Balaban J connectivity index is 1.96. The van der Waals surface area contributed by atoms with Crippen molar-refractivity contribution in [1.82, 2.24) is 4.90 Å². The van der Waals surface area contributed by atoms with Crippen molar-refractivity contribution >= 4 is 34.9 Å². The van der Waals surface area contributed by atoms with E-state index in [0.717, 1.165) is 30.8 Å². The molecule has 2 aromatic rings. The highest BCUT2D eigenvalue weighted by atomic mass is 32.1. The average molecular weight is 356 g/mol. The monoisotopic (exact) mass is 356 g/mol. The van der Waals surface area contributed by atoms with Gasteiger partial charge in [-0.25, -0.2) is 0 Å². The third-order valence-corrected chi connectivity index (χ3v) is 4.45. The van der Waals surface area contributed by atoms with Crippen molar-refractivity contribution in [3.8, 4) is 0 Å². The van der Waals surface area contributed by atoms with Gasteiger partial charge in [0.15, 0.2) is 0 Å². The molecule has 0 aliphatic carbocycles. The lowest BCUT2D eigenvalue weighted by Crippen LogP contribution is -2.32. The number of hydrogen-bond acceptors (Lipinski definition) is 3. The molecule has 25 heavy (non-hydrogen) atoms. The third kappa shape index (κ3) is 5.87. The van der Waals surface area contributed by atoms with Gasteiger partial charge < -0.3 is 10.2 Å². The standard InChI is InChI=1S/C20H24N2O2S/c1-3-13-22(14-4-2)20(24)16-7-9-17(10-8-16)21-19(23)12-11-18-6-5-15-25-18/h5-12,15H,3-4,13-14H2,1-2H3,(H,21,23)/b12-11+. The first-order valence-corrected chi connectivity index (χ1v) is 9.44. The van der Waals surface area contributed by atoms with Crippen molar-refractivity contribution in [1.29, 1.82) is 0 Å². The van der Waals surface area contributed by atoms with E-state index < -0.39 is 0 Å². The first-order valence-electron chi connectivity index (χ1n) is 8.56. The molecular weight excluding hydrogens is 332 g/mol. The van der Waals surface area contributed by atoms with Gasteiger partial charge in [0.25, 0.3) is 5.91 Å². The zero-order chi connectivity index (χ0) is 18.1. The molecule has 0 radical (unpaired) electrons. The molecule has 0 saturated heterocycles. The van der Waals surface area contributed by atoms with E-state index in [2.05, 4.69) is 19.2 Å². The van der Waals surface area contributed by atoms with Gasteiger partial charge in [-0.3, -0.25) is 9.59 Å². The lowest BCUT2D eigenvalue weighted by Gasteiger charge is -2.21. The molecule has 1 N–H and O–H groups in total. The molecule has 1 aromatic heterocycles. The van der Waals surface area contributed by atoms with Gasteiger partial charge in [-0.1, -0.05) is 19.9 Å². The molecule has 132 valence electrons. The number of hydrogen-bond donors (Lipinski definition) is 1. The van der Waals surface area contributed by atoms with Gasteiger partial charge >= 0.3 is 0 Å². The number of nitrogens with one attached hydrogen (secondary N) is 1. The molecule has 2 rings (SSSR count). The predicted octanol–water partition coefficient (Wildman–Crippen LogP) is 4.66. The quantitative estimate of drug-likeness (QED) is 0.699. The van der Waals surface area contributed by atoms with Gasteiger partial charge in [0.2, 0.25) is 5.91 Å². The molecule has 0 fully saturated rings. The minimum atomic E-state index is -0.189. The SMILES string of the molecule is CCCN(CCC)C(=O)c1ccc(NC(=O)/C=C/c2cccs2)cc1. The number of amides is 2. The highest BCUT2D eigenvalue weighted by Gasteiger charge is 2.14. The van der Waals surface area contributed by atoms with E-state index in [9.17, 15) is 9.59 Å². The third-order valence-electron chi connectivity index (χ3n) is 3.62. The molecule has 4 nitrogen and oxygen atoms in total. The van der Waals surface area contributed by atoms with Crippen LogP contribution < -0.4 is 5.32 Å². The Labute approximate surface area is 153 Å². The van der Waals surface area contributed by atoms with Crippen LogP contribution in [0.3, 0.4) is 0 Å². The number of carbonyl (C=O) groups is 2. The van der Waals surface area contributed by atoms with Crippen molar-refractivity contribution < 1.29 is 9.59 Å². The van der Waals surface area contributed by atoms with Crippen LogP contribution in [-0.2, 0) is 4.79 Å². The normalized spacial score (nSPS) is 10.8. The molecule has 0 bridgehead atoms. The highest BCUT2D eigenvalue weighted by Crippen LogP contribution is 2.14. The number of anilines is 1. The maximum absolute atomic E-state index is 12.5. The smallest absolute Gasteiger partial charge is 0.253 e. The summed E-state index contributed by atoms with van der Waals surface area (Å²) < 4.78 is 0. The average Bonchev–Trinajstić information content (AvgIpc) is 3.13. The van der Waals surface area contributed by atoms with Gasteiger partial charge in [-0.15, -0.1) is 11.3 Å². The van der Waals surface area contributed by atoms with E-state index in [4.69, 9.17) is 0 Å². The Bertz CT molecular complexity index is 700. The fraction of sp³-hybridized carbons (Fsp3) is 0.300. The van der Waals surface area contributed by atoms with Crippen LogP contribution in [0.25, 0.3) is 6.08 Å². The molecule has 5 heteroatoms. The fourth-order valence-electron chi connectivity index (χ4n) is 2.46. The summed E-state index contributed by atoms with van der Waals surface area (Å²) in [6.07, 6.45) is 5.17. The number of thiophene rings is 1. The van der Waals surface area contributed by atoms with Crippen LogP contribution in [0.2, 0.25) is 0 Å². The molecule has 0 atom stereocenters. The van der Waals surface area contributed by atoms with E-state index in [0.29, 0.717) is 11.3 Å². The summed E-state index contributed by atoms with van der Waals surface area (Å²) in [5, 5.41) is 4.77. The zero-order valence-corrected chi connectivity index (χ0v) is 15.5. The summed E-state index contributed by atoms with van der Waals surface area (Å²) in [7, 11) is 0. The second-order valence-corrected chi connectivity index (χ2v) is 6.69. The molecule has 0 aliphatic rings. The minimum Gasteiger partial charge on any atom is -0.339 e. The van der Waals surface area contributed by atoms with Crippen LogP contribution >= 0.6 is 11.3 Å². The highest BCUT2D eigenvalue weighted by molar-refractivity contribution is 7.10. The van der Waals surface area contributed by atoms with E-state index in [-0.39, 0.29) is 11.8 Å². The van der Waals surface area contributed by atoms with Crippen molar-refractivity contribution in [2.75, 3.05) is 18.4 Å². The molecule has 2 amide bonds. The van der Waals surface area contributed by atoms with Crippen LogP contribution in [0.15, 0.2) is 47.9 Å². The summed E-state index contributed by atoms with van der Waals surface area (Å²) in [6.45, 7) is 5.66. The minimum absolute atomic E-state index is 0.0409. The van der Waals surface area contributed by atoms with Gasteiger partial charge in [0.1, 0.15) is 0 Å². The Kier molecular flexibility index (Phi) is 7.41. The van der Waals surface area contributed by atoms with Crippen LogP contribution in [-0.4, -0.2) is 29.8 Å². The molecule has 0 saturated carbocycles. The second-order valence-electron chi connectivity index (χ2n) is 5.71. The molecule has 1 heterocycles. The molecule has 0 unspecified atom stereocenters. The summed E-state index contributed by atoms with van der Waals surface area (Å²) in [4.78, 5) is 27.4. The zero-order valence-electron chi connectivity index (χ0n) is 14.7. The fourth-order valence-corrected chi connectivity index (χ4v) is 3.08. The topological polar surface area (TPSA) is 49.4 Å². The van der Waals surface area contributed by atoms with E-state index in [1.165, 1.54) is 6.08 Å².